The lowest BCUT2D eigenvalue weighted by Gasteiger charge is -2.04. The van der Waals surface area contributed by atoms with Crippen molar-refractivity contribution in [2.24, 2.45) is 0 Å². The van der Waals surface area contributed by atoms with Crippen molar-refractivity contribution < 1.29 is 0 Å². The van der Waals surface area contributed by atoms with Crippen LogP contribution in [0.25, 0.3) is 0 Å². The minimum atomic E-state index is 1.00. The molecular formula is C14H13Br. The SMILES string of the molecule is Cc1cc(Br)cc(Cc2ccccc2)c1. The molecule has 0 unspecified atom stereocenters. The van der Waals surface area contributed by atoms with Crippen LogP contribution in [-0.4, -0.2) is 0 Å². The minimum Gasteiger partial charge on any atom is -0.0622 e. The summed E-state index contributed by atoms with van der Waals surface area (Å²) in [5.74, 6) is 0. The van der Waals surface area contributed by atoms with Gasteiger partial charge in [0.1, 0.15) is 0 Å². The summed E-state index contributed by atoms with van der Waals surface area (Å²) < 4.78 is 1.16. The molecule has 0 nitrogen and oxygen atoms in total. The maximum atomic E-state index is 3.53. The summed E-state index contributed by atoms with van der Waals surface area (Å²) in [4.78, 5) is 0. The molecule has 0 spiro atoms. The molecule has 0 radical (unpaired) electrons. The number of hydrogen-bond donors (Lipinski definition) is 0. The van der Waals surface area contributed by atoms with Gasteiger partial charge in [-0.1, -0.05) is 52.3 Å². The fourth-order valence-corrected chi connectivity index (χ4v) is 2.40. The van der Waals surface area contributed by atoms with Gasteiger partial charge in [-0.25, -0.2) is 0 Å². The molecule has 2 aromatic carbocycles. The van der Waals surface area contributed by atoms with E-state index in [1.807, 2.05) is 0 Å². The second-order valence-electron chi connectivity index (χ2n) is 3.80. The summed E-state index contributed by atoms with van der Waals surface area (Å²) >= 11 is 3.53. The number of hydrogen-bond acceptors (Lipinski definition) is 0. The monoisotopic (exact) mass is 260 g/mol. The van der Waals surface area contributed by atoms with Crippen molar-refractivity contribution in [2.75, 3.05) is 0 Å². The number of aryl methyl sites for hydroxylation is 1. The van der Waals surface area contributed by atoms with E-state index in [4.69, 9.17) is 0 Å². The molecule has 0 aliphatic rings. The second kappa shape index (κ2) is 4.63. The summed E-state index contributed by atoms with van der Waals surface area (Å²) in [6.45, 7) is 2.12. The van der Waals surface area contributed by atoms with E-state index in [1.54, 1.807) is 0 Å². The summed E-state index contributed by atoms with van der Waals surface area (Å²) in [5, 5.41) is 0. The smallest absolute Gasteiger partial charge is 0.0180 e. The molecule has 0 aliphatic carbocycles. The van der Waals surface area contributed by atoms with E-state index in [1.165, 1.54) is 16.7 Å². The zero-order valence-corrected chi connectivity index (χ0v) is 10.3. The first-order valence-electron chi connectivity index (χ1n) is 5.04. The van der Waals surface area contributed by atoms with Crippen LogP contribution in [0.1, 0.15) is 16.7 Å². The van der Waals surface area contributed by atoms with Gasteiger partial charge in [0.05, 0.1) is 0 Å². The highest BCUT2D eigenvalue weighted by molar-refractivity contribution is 9.10. The van der Waals surface area contributed by atoms with Gasteiger partial charge >= 0.3 is 0 Å². The van der Waals surface area contributed by atoms with Crippen molar-refractivity contribution in [1.29, 1.82) is 0 Å². The lowest BCUT2D eigenvalue weighted by Crippen LogP contribution is -1.88. The van der Waals surface area contributed by atoms with Gasteiger partial charge in [0.25, 0.3) is 0 Å². The lowest BCUT2D eigenvalue weighted by atomic mass is 10.0. The highest BCUT2D eigenvalue weighted by Gasteiger charge is 1.98. The van der Waals surface area contributed by atoms with Crippen LogP contribution in [0.4, 0.5) is 0 Å². The molecule has 0 fully saturated rings. The van der Waals surface area contributed by atoms with E-state index in [9.17, 15) is 0 Å². The van der Waals surface area contributed by atoms with Gasteiger partial charge in [0, 0.05) is 4.47 Å². The lowest BCUT2D eigenvalue weighted by molar-refractivity contribution is 1.18. The quantitative estimate of drug-likeness (QED) is 0.754. The third-order valence-electron chi connectivity index (χ3n) is 2.35. The van der Waals surface area contributed by atoms with E-state index in [2.05, 4.69) is 71.4 Å². The largest absolute Gasteiger partial charge is 0.0622 e. The normalized spacial score (nSPS) is 10.3. The fraction of sp³-hybridized carbons (Fsp3) is 0.143. The highest BCUT2D eigenvalue weighted by Crippen LogP contribution is 2.17. The van der Waals surface area contributed by atoms with E-state index >= 15 is 0 Å². The van der Waals surface area contributed by atoms with Gasteiger partial charge < -0.3 is 0 Å². The van der Waals surface area contributed by atoms with E-state index < -0.39 is 0 Å². The summed E-state index contributed by atoms with van der Waals surface area (Å²) in [7, 11) is 0. The Morgan fingerprint density at radius 3 is 2.33 bits per heavy atom. The summed E-state index contributed by atoms with van der Waals surface area (Å²) in [5.41, 5.74) is 4.01. The van der Waals surface area contributed by atoms with Crippen LogP contribution in [0.15, 0.2) is 53.0 Å². The van der Waals surface area contributed by atoms with Gasteiger partial charge in [0.2, 0.25) is 0 Å². The zero-order chi connectivity index (χ0) is 10.7. The molecule has 2 rings (SSSR count). The van der Waals surface area contributed by atoms with E-state index in [0.717, 1.165) is 10.9 Å². The summed E-state index contributed by atoms with van der Waals surface area (Å²) in [6, 6.07) is 17.1. The Kier molecular flexibility index (Phi) is 3.22. The predicted octanol–water partition coefficient (Wildman–Crippen LogP) is 4.35. The van der Waals surface area contributed by atoms with Crippen LogP contribution in [0.2, 0.25) is 0 Å². The van der Waals surface area contributed by atoms with Crippen molar-refractivity contribution in [2.45, 2.75) is 13.3 Å². The Morgan fingerprint density at radius 2 is 1.67 bits per heavy atom. The van der Waals surface area contributed by atoms with Crippen molar-refractivity contribution in [1.82, 2.24) is 0 Å². The Balaban J connectivity index is 2.25. The number of halogens is 1. The van der Waals surface area contributed by atoms with Crippen molar-refractivity contribution in [3.05, 3.63) is 69.7 Å². The predicted molar refractivity (Wildman–Crippen MR) is 68.1 cm³/mol. The van der Waals surface area contributed by atoms with Gasteiger partial charge in [-0.3, -0.25) is 0 Å². The first-order chi connectivity index (χ1) is 7.24. The molecule has 76 valence electrons. The Hall–Kier alpha value is -1.08. The van der Waals surface area contributed by atoms with Gasteiger partial charge in [-0.05, 0) is 42.2 Å². The Morgan fingerprint density at radius 1 is 0.933 bits per heavy atom. The van der Waals surface area contributed by atoms with Crippen LogP contribution >= 0.6 is 15.9 Å². The molecule has 0 N–H and O–H groups in total. The first-order valence-corrected chi connectivity index (χ1v) is 5.83. The minimum absolute atomic E-state index is 1.00. The van der Waals surface area contributed by atoms with Crippen molar-refractivity contribution in [3.8, 4) is 0 Å². The molecule has 0 aromatic heterocycles. The van der Waals surface area contributed by atoms with E-state index in [-0.39, 0.29) is 0 Å². The molecule has 0 amide bonds. The molecule has 0 bridgehead atoms. The molecule has 0 aliphatic heterocycles. The van der Waals surface area contributed by atoms with Crippen molar-refractivity contribution >= 4 is 15.9 Å². The first kappa shape index (κ1) is 10.4. The molecule has 2 aromatic rings. The van der Waals surface area contributed by atoms with Crippen LogP contribution in [0.5, 0.6) is 0 Å². The second-order valence-corrected chi connectivity index (χ2v) is 4.71. The summed E-state index contributed by atoms with van der Waals surface area (Å²) in [6.07, 6.45) is 1.00. The maximum absolute atomic E-state index is 3.53. The van der Waals surface area contributed by atoms with E-state index in [0.29, 0.717) is 0 Å². The third kappa shape index (κ3) is 2.93. The van der Waals surface area contributed by atoms with Gasteiger partial charge in [0.15, 0.2) is 0 Å². The average molecular weight is 261 g/mol. The molecule has 0 saturated carbocycles. The molecule has 0 atom stereocenters. The van der Waals surface area contributed by atoms with Gasteiger partial charge in [-0.15, -0.1) is 0 Å². The molecule has 1 heteroatoms. The standard InChI is InChI=1S/C14H13Br/c1-11-7-13(10-14(15)8-11)9-12-5-3-2-4-6-12/h2-8,10H,9H2,1H3. The van der Waals surface area contributed by atoms with Crippen LogP contribution in [-0.2, 0) is 6.42 Å². The molecular weight excluding hydrogens is 248 g/mol. The Labute approximate surface area is 99.1 Å². The van der Waals surface area contributed by atoms with Crippen LogP contribution in [0.3, 0.4) is 0 Å². The number of benzene rings is 2. The van der Waals surface area contributed by atoms with Crippen molar-refractivity contribution in [3.63, 3.8) is 0 Å². The molecule has 0 heterocycles. The molecule has 0 saturated heterocycles. The Bertz CT molecular complexity index is 426. The highest BCUT2D eigenvalue weighted by atomic mass is 79.9. The maximum Gasteiger partial charge on any atom is 0.0180 e. The fourth-order valence-electron chi connectivity index (χ4n) is 1.75. The molecule has 15 heavy (non-hydrogen) atoms. The topological polar surface area (TPSA) is 0 Å². The third-order valence-corrected chi connectivity index (χ3v) is 2.81. The number of rotatable bonds is 2. The van der Waals surface area contributed by atoms with Gasteiger partial charge in [-0.2, -0.15) is 0 Å². The van der Waals surface area contributed by atoms with Crippen LogP contribution < -0.4 is 0 Å². The average Bonchev–Trinajstić information content (AvgIpc) is 2.17. The van der Waals surface area contributed by atoms with Crippen LogP contribution in [0, 0.1) is 6.92 Å². The zero-order valence-electron chi connectivity index (χ0n) is 8.70.